The maximum absolute atomic E-state index is 14.0. The highest BCUT2D eigenvalue weighted by molar-refractivity contribution is 6.33. The molecule has 3 aromatic rings. The zero-order valence-corrected chi connectivity index (χ0v) is 19.0. The molecule has 2 aliphatic rings. The lowest BCUT2D eigenvalue weighted by atomic mass is 9.98. The van der Waals surface area contributed by atoms with Crippen molar-refractivity contribution in [1.29, 1.82) is 0 Å². The normalized spacial score (nSPS) is 16.2. The molecule has 5 rings (SSSR count). The Morgan fingerprint density at radius 1 is 1.09 bits per heavy atom. The molecule has 1 heterocycles. The van der Waals surface area contributed by atoms with Crippen molar-refractivity contribution in [2.75, 3.05) is 4.90 Å². The molecule has 1 aliphatic heterocycles. The van der Waals surface area contributed by atoms with Crippen LogP contribution < -0.4 is 10.2 Å². The Morgan fingerprint density at radius 3 is 2.43 bits per heavy atom. The summed E-state index contributed by atoms with van der Waals surface area (Å²) >= 11 is 5.91. The van der Waals surface area contributed by atoms with Crippen LogP contribution in [0.1, 0.15) is 34.3 Å². The van der Waals surface area contributed by atoms with Crippen molar-refractivity contribution in [3.05, 3.63) is 94.0 Å². The first-order valence-corrected chi connectivity index (χ1v) is 11.3. The van der Waals surface area contributed by atoms with Gasteiger partial charge in [-0.1, -0.05) is 29.8 Å². The van der Waals surface area contributed by atoms with E-state index in [1.807, 2.05) is 0 Å². The van der Waals surface area contributed by atoms with Gasteiger partial charge >= 0.3 is 5.97 Å². The first-order chi connectivity index (χ1) is 16.7. The fourth-order valence-corrected chi connectivity index (χ4v) is 4.80. The fraction of sp³-hybridized carbons (Fsp3) is 0.192. The highest BCUT2D eigenvalue weighted by Gasteiger charge is 2.59. The van der Waals surface area contributed by atoms with Gasteiger partial charge in [0.05, 0.1) is 21.7 Å². The second-order valence-corrected chi connectivity index (χ2v) is 9.12. The van der Waals surface area contributed by atoms with Gasteiger partial charge in [-0.2, -0.15) is 0 Å². The summed E-state index contributed by atoms with van der Waals surface area (Å²) < 4.78 is 27.9. The van der Waals surface area contributed by atoms with Gasteiger partial charge in [0.25, 0.3) is 5.91 Å². The molecule has 0 saturated heterocycles. The van der Waals surface area contributed by atoms with Crippen LogP contribution in [0.2, 0.25) is 5.02 Å². The number of halogens is 3. The number of fused-ring (bicyclic) bond motifs is 2. The molecule has 178 valence electrons. The average Bonchev–Trinajstić information content (AvgIpc) is 3.58. The van der Waals surface area contributed by atoms with Crippen LogP contribution in [0.25, 0.3) is 0 Å². The summed E-state index contributed by atoms with van der Waals surface area (Å²) in [5.41, 5.74) is 1.39. The predicted octanol–water partition coefficient (Wildman–Crippen LogP) is 4.75. The van der Waals surface area contributed by atoms with Crippen LogP contribution in [0.15, 0.2) is 60.7 Å². The van der Waals surface area contributed by atoms with Gasteiger partial charge in [-0.05, 0) is 66.4 Å². The number of anilines is 2. The van der Waals surface area contributed by atoms with Crippen molar-refractivity contribution in [1.82, 2.24) is 5.32 Å². The number of carbonyl (C=O) groups excluding carboxylic acids is 2. The fourth-order valence-electron chi connectivity index (χ4n) is 4.55. The van der Waals surface area contributed by atoms with E-state index in [-0.39, 0.29) is 17.4 Å². The molecular formula is C26H19ClF2N2O4. The lowest BCUT2D eigenvalue weighted by Gasteiger charge is -2.19. The van der Waals surface area contributed by atoms with Crippen molar-refractivity contribution in [3.63, 3.8) is 0 Å². The molecule has 1 spiro atoms. The van der Waals surface area contributed by atoms with E-state index in [1.165, 1.54) is 24.3 Å². The van der Waals surface area contributed by atoms with Gasteiger partial charge in [-0.25, -0.2) is 13.6 Å². The Balaban J connectivity index is 1.36. The van der Waals surface area contributed by atoms with Crippen LogP contribution in [-0.2, 0) is 21.4 Å². The third kappa shape index (κ3) is 3.93. The molecule has 1 fully saturated rings. The SMILES string of the molecule is O=C(N[C@@H](Cc1ccc(N2C(=O)C3(CC3)c3cc(F)ccc32)cc1)C(=O)O)c1c(F)cccc1Cl. The minimum Gasteiger partial charge on any atom is -0.480 e. The lowest BCUT2D eigenvalue weighted by molar-refractivity contribution is -0.139. The predicted molar refractivity (Wildman–Crippen MR) is 125 cm³/mol. The minimum absolute atomic E-state index is 0.0763. The number of carbonyl (C=O) groups is 3. The number of amides is 2. The zero-order chi connectivity index (χ0) is 24.9. The highest BCUT2D eigenvalue weighted by Crippen LogP contribution is 2.59. The summed E-state index contributed by atoms with van der Waals surface area (Å²) in [7, 11) is 0. The van der Waals surface area contributed by atoms with Crippen LogP contribution in [0, 0.1) is 11.6 Å². The van der Waals surface area contributed by atoms with E-state index in [1.54, 1.807) is 35.2 Å². The van der Waals surface area contributed by atoms with E-state index in [9.17, 15) is 28.3 Å². The summed E-state index contributed by atoms with van der Waals surface area (Å²) in [6.07, 6.45) is 1.26. The van der Waals surface area contributed by atoms with Gasteiger partial charge in [0.2, 0.25) is 5.91 Å². The molecule has 1 saturated carbocycles. The molecule has 35 heavy (non-hydrogen) atoms. The summed E-state index contributed by atoms with van der Waals surface area (Å²) in [5, 5.41) is 11.8. The van der Waals surface area contributed by atoms with Gasteiger partial charge in [-0.15, -0.1) is 0 Å². The lowest BCUT2D eigenvalue weighted by Crippen LogP contribution is -2.42. The number of nitrogens with one attached hydrogen (secondary N) is 1. The second kappa shape index (κ2) is 8.46. The van der Waals surface area contributed by atoms with Crippen molar-refractivity contribution in [2.24, 2.45) is 0 Å². The van der Waals surface area contributed by atoms with Gasteiger partial charge in [0, 0.05) is 12.1 Å². The van der Waals surface area contributed by atoms with Crippen LogP contribution in [-0.4, -0.2) is 28.9 Å². The molecular weight excluding hydrogens is 478 g/mol. The maximum atomic E-state index is 14.0. The second-order valence-electron chi connectivity index (χ2n) is 8.72. The van der Waals surface area contributed by atoms with Crippen molar-refractivity contribution in [3.8, 4) is 0 Å². The monoisotopic (exact) mass is 496 g/mol. The quantitative estimate of drug-likeness (QED) is 0.515. The molecule has 9 heteroatoms. The molecule has 0 bridgehead atoms. The first-order valence-electron chi connectivity index (χ1n) is 10.9. The van der Waals surface area contributed by atoms with Crippen molar-refractivity contribution >= 4 is 40.8 Å². The Hall–Kier alpha value is -3.78. The minimum atomic E-state index is -1.34. The van der Waals surface area contributed by atoms with E-state index >= 15 is 0 Å². The topological polar surface area (TPSA) is 86.7 Å². The third-order valence-electron chi connectivity index (χ3n) is 6.51. The van der Waals surface area contributed by atoms with Gasteiger partial charge in [0.1, 0.15) is 17.7 Å². The molecule has 0 unspecified atom stereocenters. The van der Waals surface area contributed by atoms with Crippen LogP contribution in [0.4, 0.5) is 20.2 Å². The Morgan fingerprint density at radius 2 is 1.80 bits per heavy atom. The Bertz CT molecular complexity index is 1350. The summed E-state index contributed by atoms with van der Waals surface area (Å²) in [6.45, 7) is 0. The third-order valence-corrected chi connectivity index (χ3v) is 6.82. The number of rotatable bonds is 6. The number of aliphatic carboxylic acids is 1. The summed E-state index contributed by atoms with van der Waals surface area (Å²) in [4.78, 5) is 39.0. The number of hydrogen-bond acceptors (Lipinski definition) is 3. The van der Waals surface area contributed by atoms with E-state index in [4.69, 9.17) is 11.6 Å². The molecule has 1 aliphatic carbocycles. The molecule has 2 amide bonds. The molecule has 3 aromatic carbocycles. The molecule has 0 aromatic heterocycles. The van der Waals surface area contributed by atoms with Crippen LogP contribution in [0.5, 0.6) is 0 Å². The van der Waals surface area contributed by atoms with E-state index in [0.29, 0.717) is 35.3 Å². The molecule has 1 atom stereocenters. The smallest absolute Gasteiger partial charge is 0.326 e. The average molecular weight is 497 g/mol. The standard InChI is InChI=1S/C26H19ClF2N2O4/c27-18-2-1-3-19(29)22(18)23(32)30-20(24(33)34)12-14-4-7-16(8-5-14)31-21-9-6-15(28)13-17(21)26(10-11-26)25(31)35/h1-9,13,20H,10-12H2,(H,30,32)(H,33,34)/t20-/m0/s1. The molecule has 6 nitrogen and oxygen atoms in total. The Labute approximate surface area is 204 Å². The van der Waals surface area contributed by atoms with Crippen molar-refractivity contribution < 1.29 is 28.3 Å². The number of carboxylic acids is 1. The molecule has 0 radical (unpaired) electrons. The van der Waals surface area contributed by atoms with E-state index in [0.717, 1.165) is 6.07 Å². The highest BCUT2D eigenvalue weighted by atomic mass is 35.5. The number of benzene rings is 3. The number of nitrogens with zero attached hydrogens (tertiary/aromatic N) is 1. The Kier molecular flexibility index (Phi) is 5.56. The van der Waals surface area contributed by atoms with E-state index < -0.39 is 40.5 Å². The van der Waals surface area contributed by atoms with Crippen LogP contribution in [0.3, 0.4) is 0 Å². The first kappa shape index (κ1) is 23.0. The van der Waals surface area contributed by atoms with Crippen molar-refractivity contribution in [2.45, 2.75) is 30.7 Å². The number of carboxylic acid groups (broad SMARTS) is 1. The number of hydrogen-bond donors (Lipinski definition) is 2. The van der Waals surface area contributed by atoms with Gasteiger partial charge in [0.15, 0.2) is 0 Å². The maximum Gasteiger partial charge on any atom is 0.326 e. The zero-order valence-electron chi connectivity index (χ0n) is 18.2. The summed E-state index contributed by atoms with van der Waals surface area (Å²) in [5.74, 6) is -3.58. The largest absolute Gasteiger partial charge is 0.480 e. The van der Waals surface area contributed by atoms with Gasteiger partial charge in [-0.3, -0.25) is 14.5 Å². The summed E-state index contributed by atoms with van der Waals surface area (Å²) in [6, 6.07) is 13.4. The van der Waals surface area contributed by atoms with E-state index in [2.05, 4.69) is 5.32 Å². The van der Waals surface area contributed by atoms with Gasteiger partial charge < -0.3 is 10.4 Å². The van der Waals surface area contributed by atoms with Crippen LogP contribution >= 0.6 is 11.6 Å². The molecule has 2 N–H and O–H groups in total.